The summed E-state index contributed by atoms with van der Waals surface area (Å²) in [5.41, 5.74) is 5.26. The molecule has 0 spiro atoms. The first kappa shape index (κ1) is 24.1. The number of aromatic nitrogens is 1. The van der Waals surface area contributed by atoms with E-state index in [0.29, 0.717) is 6.42 Å². The maximum Gasteiger partial charge on any atom is 0.407 e. The standard InChI is InChI=1S/C27H29N3O5/c1-17(12-13-25(31)32)29-26(33)24(15-18-7-6-14-28-18)30-27(34)35-16-23-21-10-4-2-8-19(21)20-9-3-5-11-22(20)23/h2-11,14,17,23-24,28H,12-13,15-16H2,1H3,(H,29,33)(H,30,34)(H,31,32). The highest BCUT2D eigenvalue weighted by Crippen LogP contribution is 2.44. The van der Waals surface area contributed by atoms with Gasteiger partial charge in [0.15, 0.2) is 0 Å². The van der Waals surface area contributed by atoms with Gasteiger partial charge in [-0.3, -0.25) is 9.59 Å². The van der Waals surface area contributed by atoms with E-state index in [1.807, 2.05) is 48.5 Å². The van der Waals surface area contributed by atoms with Crippen LogP contribution in [0.1, 0.15) is 42.5 Å². The Hall–Kier alpha value is -4.07. The van der Waals surface area contributed by atoms with E-state index in [2.05, 4.69) is 27.8 Å². The fraction of sp³-hybridized carbons (Fsp3) is 0.296. The van der Waals surface area contributed by atoms with Crippen LogP contribution in [-0.2, 0) is 20.7 Å². The summed E-state index contributed by atoms with van der Waals surface area (Å²) < 4.78 is 5.61. The molecule has 8 nitrogen and oxygen atoms in total. The topological polar surface area (TPSA) is 121 Å². The minimum atomic E-state index is -0.925. The molecule has 182 valence electrons. The molecule has 4 N–H and O–H groups in total. The van der Waals surface area contributed by atoms with Crippen molar-refractivity contribution in [3.63, 3.8) is 0 Å². The molecule has 0 saturated carbocycles. The molecule has 1 heterocycles. The zero-order valence-electron chi connectivity index (χ0n) is 19.5. The monoisotopic (exact) mass is 475 g/mol. The molecule has 1 aliphatic rings. The van der Waals surface area contributed by atoms with Gasteiger partial charge in [-0.05, 0) is 47.7 Å². The van der Waals surface area contributed by atoms with Gasteiger partial charge in [-0.15, -0.1) is 0 Å². The zero-order chi connectivity index (χ0) is 24.8. The number of amides is 2. The largest absolute Gasteiger partial charge is 0.481 e. The first-order chi connectivity index (χ1) is 16.9. The SMILES string of the molecule is CC(CCC(=O)O)NC(=O)C(Cc1ccc[nH]1)NC(=O)OCC1c2ccccc2-c2ccccc21. The first-order valence-corrected chi connectivity index (χ1v) is 11.7. The molecular weight excluding hydrogens is 446 g/mol. The number of fused-ring (bicyclic) bond motifs is 3. The van der Waals surface area contributed by atoms with Crippen LogP contribution in [0.2, 0.25) is 0 Å². The number of aliphatic carboxylic acids is 1. The predicted molar refractivity (Wildman–Crippen MR) is 131 cm³/mol. The lowest BCUT2D eigenvalue weighted by molar-refractivity contribution is -0.137. The van der Waals surface area contributed by atoms with Gasteiger partial charge in [-0.2, -0.15) is 0 Å². The molecule has 0 bridgehead atoms. The minimum Gasteiger partial charge on any atom is -0.481 e. The molecule has 2 amide bonds. The van der Waals surface area contributed by atoms with E-state index >= 15 is 0 Å². The quantitative estimate of drug-likeness (QED) is 0.355. The lowest BCUT2D eigenvalue weighted by Gasteiger charge is -2.21. The van der Waals surface area contributed by atoms with Crippen molar-refractivity contribution in [2.45, 2.75) is 44.2 Å². The van der Waals surface area contributed by atoms with Gasteiger partial charge < -0.3 is 25.5 Å². The second-order valence-electron chi connectivity index (χ2n) is 8.76. The number of hydrogen-bond acceptors (Lipinski definition) is 4. The number of aromatic amines is 1. The molecule has 1 aromatic heterocycles. The summed E-state index contributed by atoms with van der Waals surface area (Å²) in [6.07, 6.45) is 1.54. The van der Waals surface area contributed by atoms with Crippen molar-refractivity contribution in [1.82, 2.24) is 15.6 Å². The van der Waals surface area contributed by atoms with Crippen molar-refractivity contribution < 1.29 is 24.2 Å². The van der Waals surface area contributed by atoms with Gasteiger partial charge in [0.2, 0.25) is 5.91 Å². The zero-order valence-corrected chi connectivity index (χ0v) is 19.5. The highest BCUT2D eigenvalue weighted by Gasteiger charge is 2.30. The van der Waals surface area contributed by atoms with Gasteiger partial charge in [0.1, 0.15) is 12.6 Å². The molecule has 1 aliphatic carbocycles. The molecule has 4 rings (SSSR count). The summed E-state index contributed by atoms with van der Waals surface area (Å²) in [5, 5.41) is 14.4. The molecule has 3 aromatic rings. The Kier molecular flexibility index (Phi) is 7.50. The summed E-state index contributed by atoms with van der Waals surface area (Å²) in [6.45, 7) is 1.88. The summed E-state index contributed by atoms with van der Waals surface area (Å²) in [5.74, 6) is -1.41. The van der Waals surface area contributed by atoms with Crippen LogP contribution in [0.5, 0.6) is 0 Å². The number of ether oxygens (including phenoxy) is 1. The third-order valence-corrected chi connectivity index (χ3v) is 6.22. The maximum absolute atomic E-state index is 12.9. The van der Waals surface area contributed by atoms with Crippen LogP contribution in [0.4, 0.5) is 4.79 Å². The van der Waals surface area contributed by atoms with E-state index < -0.39 is 24.0 Å². The molecule has 2 unspecified atom stereocenters. The predicted octanol–water partition coefficient (Wildman–Crippen LogP) is 3.83. The normalized spacial score (nSPS) is 13.9. The van der Waals surface area contributed by atoms with Crippen molar-refractivity contribution in [3.8, 4) is 11.1 Å². The third-order valence-electron chi connectivity index (χ3n) is 6.22. The Labute approximate surface area is 203 Å². The molecule has 2 atom stereocenters. The van der Waals surface area contributed by atoms with E-state index in [9.17, 15) is 14.4 Å². The molecule has 0 radical (unpaired) electrons. The number of carbonyl (C=O) groups is 3. The molecule has 0 aliphatic heterocycles. The van der Waals surface area contributed by atoms with Crippen LogP contribution in [0.3, 0.4) is 0 Å². The second kappa shape index (κ2) is 10.9. The van der Waals surface area contributed by atoms with Gasteiger partial charge in [-0.1, -0.05) is 48.5 Å². The molecule has 0 fully saturated rings. The average Bonchev–Trinajstić information content (AvgIpc) is 3.47. The number of carboxylic acids is 1. The number of rotatable bonds is 10. The van der Waals surface area contributed by atoms with Crippen LogP contribution in [0, 0.1) is 0 Å². The second-order valence-corrected chi connectivity index (χ2v) is 8.76. The lowest BCUT2D eigenvalue weighted by atomic mass is 9.98. The summed E-state index contributed by atoms with van der Waals surface area (Å²) in [7, 11) is 0. The first-order valence-electron chi connectivity index (χ1n) is 11.7. The van der Waals surface area contributed by atoms with Crippen LogP contribution in [-0.4, -0.2) is 46.8 Å². The fourth-order valence-electron chi connectivity index (χ4n) is 4.46. The Balaban J connectivity index is 1.41. The fourth-order valence-corrected chi connectivity index (χ4v) is 4.46. The van der Waals surface area contributed by atoms with Crippen molar-refractivity contribution in [2.24, 2.45) is 0 Å². The average molecular weight is 476 g/mol. The molecule has 35 heavy (non-hydrogen) atoms. The van der Waals surface area contributed by atoms with Crippen LogP contribution in [0.15, 0.2) is 66.9 Å². The van der Waals surface area contributed by atoms with Crippen LogP contribution >= 0.6 is 0 Å². The van der Waals surface area contributed by atoms with E-state index in [1.165, 1.54) is 0 Å². The third kappa shape index (κ3) is 5.90. The van der Waals surface area contributed by atoms with Crippen LogP contribution in [0.25, 0.3) is 11.1 Å². The number of benzene rings is 2. The van der Waals surface area contributed by atoms with E-state index in [0.717, 1.165) is 27.9 Å². The Morgan fingerprint density at radius 1 is 0.971 bits per heavy atom. The van der Waals surface area contributed by atoms with Crippen molar-refractivity contribution in [3.05, 3.63) is 83.7 Å². The van der Waals surface area contributed by atoms with Crippen molar-refractivity contribution >= 4 is 18.0 Å². The van der Waals surface area contributed by atoms with Crippen molar-refractivity contribution in [1.29, 1.82) is 0 Å². The smallest absolute Gasteiger partial charge is 0.407 e. The van der Waals surface area contributed by atoms with E-state index in [1.54, 1.807) is 13.1 Å². The Morgan fingerprint density at radius 3 is 2.23 bits per heavy atom. The number of H-pyrrole nitrogens is 1. The number of nitrogens with one attached hydrogen (secondary N) is 3. The number of carbonyl (C=O) groups excluding carboxylic acids is 2. The minimum absolute atomic E-state index is 0.0530. The van der Waals surface area contributed by atoms with E-state index in [4.69, 9.17) is 9.84 Å². The Morgan fingerprint density at radius 2 is 1.63 bits per heavy atom. The number of carboxylic acid groups (broad SMARTS) is 1. The van der Waals surface area contributed by atoms with Gasteiger partial charge >= 0.3 is 12.1 Å². The summed E-state index contributed by atoms with van der Waals surface area (Å²) in [4.78, 5) is 39.5. The summed E-state index contributed by atoms with van der Waals surface area (Å²) >= 11 is 0. The molecule has 0 saturated heterocycles. The van der Waals surface area contributed by atoms with Crippen LogP contribution < -0.4 is 10.6 Å². The number of alkyl carbamates (subject to hydrolysis) is 1. The summed E-state index contributed by atoms with van der Waals surface area (Å²) in [6, 6.07) is 18.6. The molecule has 8 heteroatoms. The maximum atomic E-state index is 12.9. The van der Waals surface area contributed by atoms with Gasteiger partial charge in [0, 0.05) is 36.7 Å². The van der Waals surface area contributed by atoms with Gasteiger partial charge in [0.25, 0.3) is 0 Å². The van der Waals surface area contributed by atoms with Crippen molar-refractivity contribution in [2.75, 3.05) is 6.61 Å². The number of hydrogen-bond donors (Lipinski definition) is 4. The van der Waals surface area contributed by atoms with Gasteiger partial charge in [-0.25, -0.2) is 4.79 Å². The molecular formula is C27H29N3O5. The molecule has 2 aromatic carbocycles. The van der Waals surface area contributed by atoms with E-state index in [-0.39, 0.29) is 31.4 Å². The Bertz CT molecular complexity index is 1150. The lowest BCUT2D eigenvalue weighted by Crippen LogP contribution is -2.50. The van der Waals surface area contributed by atoms with Gasteiger partial charge in [0.05, 0.1) is 0 Å². The highest BCUT2D eigenvalue weighted by atomic mass is 16.5. The highest BCUT2D eigenvalue weighted by molar-refractivity contribution is 5.86.